The standard InChI is InChI=1S/C19H14BrNO5S/c20-14-6-3-4-12(8-14)10-21-18(24)16(27-19(21)25)9-13-5-1-2-7-15(13)26-11-17(22)23/h1-9H,10-11H2,(H,22,23)/b16-9+. The highest BCUT2D eigenvalue weighted by Crippen LogP contribution is 2.35. The van der Waals surface area contributed by atoms with Gasteiger partial charge in [0.05, 0.1) is 11.4 Å². The quantitative estimate of drug-likeness (QED) is 0.669. The molecule has 2 amide bonds. The molecule has 0 spiro atoms. The Morgan fingerprint density at radius 3 is 2.70 bits per heavy atom. The number of carbonyl (C=O) groups excluding carboxylic acids is 2. The van der Waals surface area contributed by atoms with Crippen molar-refractivity contribution < 1.29 is 24.2 Å². The summed E-state index contributed by atoms with van der Waals surface area (Å²) in [6, 6.07) is 14.1. The van der Waals surface area contributed by atoms with Gasteiger partial charge in [0, 0.05) is 10.0 Å². The van der Waals surface area contributed by atoms with Crippen LogP contribution in [0.3, 0.4) is 0 Å². The van der Waals surface area contributed by atoms with E-state index in [9.17, 15) is 14.4 Å². The molecule has 1 fully saturated rings. The summed E-state index contributed by atoms with van der Waals surface area (Å²) in [5.41, 5.74) is 1.37. The lowest BCUT2D eigenvalue weighted by molar-refractivity contribution is -0.139. The van der Waals surface area contributed by atoms with Gasteiger partial charge in [-0.3, -0.25) is 14.5 Å². The number of nitrogens with zero attached hydrogens (tertiary/aromatic N) is 1. The van der Waals surface area contributed by atoms with Crippen molar-refractivity contribution >= 4 is 50.9 Å². The smallest absolute Gasteiger partial charge is 0.341 e. The molecule has 2 aromatic carbocycles. The zero-order valence-electron chi connectivity index (χ0n) is 13.9. The van der Waals surface area contributed by atoms with Gasteiger partial charge in [0.25, 0.3) is 11.1 Å². The number of imide groups is 1. The first-order chi connectivity index (χ1) is 12.9. The largest absolute Gasteiger partial charge is 0.481 e. The maximum atomic E-state index is 12.7. The third-order valence-corrected chi connectivity index (χ3v) is 5.06. The van der Waals surface area contributed by atoms with Gasteiger partial charge in [-0.25, -0.2) is 4.79 Å². The normalized spacial score (nSPS) is 15.4. The summed E-state index contributed by atoms with van der Waals surface area (Å²) in [6.07, 6.45) is 1.54. The third kappa shape index (κ3) is 4.78. The number of aliphatic carboxylic acids is 1. The molecule has 0 saturated carbocycles. The first-order valence-corrected chi connectivity index (χ1v) is 9.48. The lowest BCUT2D eigenvalue weighted by atomic mass is 10.1. The molecule has 6 nitrogen and oxygen atoms in total. The number of thioether (sulfide) groups is 1. The van der Waals surface area contributed by atoms with Crippen LogP contribution >= 0.6 is 27.7 Å². The number of carbonyl (C=O) groups is 3. The van der Waals surface area contributed by atoms with Gasteiger partial charge in [-0.05, 0) is 41.6 Å². The molecule has 0 atom stereocenters. The number of carboxylic acid groups (broad SMARTS) is 1. The molecule has 0 unspecified atom stereocenters. The van der Waals surface area contributed by atoms with Crippen LogP contribution in [0, 0.1) is 0 Å². The fourth-order valence-corrected chi connectivity index (χ4v) is 3.74. The number of benzene rings is 2. The second-order valence-electron chi connectivity index (χ2n) is 5.62. The second-order valence-corrected chi connectivity index (χ2v) is 7.53. The number of halogens is 1. The van der Waals surface area contributed by atoms with Gasteiger partial charge in [-0.1, -0.05) is 46.3 Å². The Labute approximate surface area is 167 Å². The lowest BCUT2D eigenvalue weighted by Gasteiger charge is -2.12. The zero-order chi connectivity index (χ0) is 19.4. The monoisotopic (exact) mass is 447 g/mol. The Kier molecular flexibility index (Phi) is 5.98. The van der Waals surface area contributed by atoms with E-state index in [0.29, 0.717) is 11.3 Å². The molecule has 0 aliphatic carbocycles. The molecule has 1 aliphatic heterocycles. The summed E-state index contributed by atoms with van der Waals surface area (Å²) in [7, 11) is 0. The molecule has 1 saturated heterocycles. The molecular formula is C19H14BrNO5S. The molecule has 0 aromatic heterocycles. The molecule has 1 N–H and O–H groups in total. The molecule has 2 aromatic rings. The van der Waals surface area contributed by atoms with E-state index in [4.69, 9.17) is 9.84 Å². The predicted molar refractivity (Wildman–Crippen MR) is 105 cm³/mol. The van der Waals surface area contributed by atoms with Crippen molar-refractivity contribution in [3.8, 4) is 5.75 Å². The van der Waals surface area contributed by atoms with E-state index in [1.807, 2.05) is 24.3 Å². The van der Waals surface area contributed by atoms with Crippen LogP contribution in [0.2, 0.25) is 0 Å². The first kappa shape index (κ1) is 19.2. The summed E-state index contributed by atoms with van der Waals surface area (Å²) >= 11 is 4.22. The van der Waals surface area contributed by atoms with Crippen LogP contribution in [0.1, 0.15) is 11.1 Å². The van der Waals surface area contributed by atoms with E-state index in [-0.39, 0.29) is 16.7 Å². The summed E-state index contributed by atoms with van der Waals surface area (Å²) < 4.78 is 6.11. The Morgan fingerprint density at radius 1 is 1.19 bits per heavy atom. The van der Waals surface area contributed by atoms with E-state index in [1.54, 1.807) is 30.3 Å². The number of carboxylic acids is 1. The lowest BCUT2D eigenvalue weighted by Crippen LogP contribution is -2.27. The average molecular weight is 448 g/mol. The van der Waals surface area contributed by atoms with E-state index in [1.165, 1.54) is 4.90 Å². The predicted octanol–water partition coefficient (Wildman–Crippen LogP) is 4.15. The van der Waals surface area contributed by atoms with Gasteiger partial charge in [0.15, 0.2) is 6.61 Å². The van der Waals surface area contributed by atoms with Crippen LogP contribution in [-0.2, 0) is 16.1 Å². The molecule has 0 radical (unpaired) electrons. The van der Waals surface area contributed by atoms with E-state index >= 15 is 0 Å². The van der Waals surface area contributed by atoms with Crippen LogP contribution in [-0.4, -0.2) is 33.7 Å². The Bertz CT molecular complexity index is 943. The minimum Gasteiger partial charge on any atom is -0.481 e. The maximum Gasteiger partial charge on any atom is 0.341 e. The molecule has 27 heavy (non-hydrogen) atoms. The maximum absolute atomic E-state index is 12.7. The van der Waals surface area contributed by atoms with Crippen molar-refractivity contribution in [3.63, 3.8) is 0 Å². The Balaban J connectivity index is 1.81. The number of hydrogen-bond acceptors (Lipinski definition) is 5. The highest BCUT2D eigenvalue weighted by atomic mass is 79.9. The summed E-state index contributed by atoms with van der Waals surface area (Å²) in [5, 5.41) is 8.42. The summed E-state index contributed by atoms with van der Waals surface area (Å²) in [6.45, 7) is -0.312. The molecule has 0 bridgehead atoms. The number of amides is 2. The van der Waals surface area contributed by atoms with E-state index in [2.05, 4.69) is 15.9 Å². The van der Waals surface area contributed by atoms with E-state index < -0.39 is 18.5 Å². The van der Waals surface area contributed by atoms with Crippen molar-refractivity contribution in [3.05, 3.63) is 69.0 Å². The fourth-order valence-electron chi connectivity index (χ4n) is 2.47. The Morgan fingerprint density at radius 2 is 1.96 bits per heavy atom. The first-order valence-electron chi connectivity index (χ1n) is 7.87. The second kappa shape index (κ2) is 8.41. The van der Waals surface area contributed by atoms with Gasteiger partial charge in [-0.2, -0.15) is 0 Å². The minimum atomic E-state index is -1.10. The number of hydrogen-bond donors (Lipinski definition) is 1. The van der Waals surface area contributed by atoms with Gasteiger partial charge in [0.2, 0.25) is 0 Å². The van der Waals surface area contributed by atoms with Crippen molar-refractivity contribution in [2.45, 2.75) is 6.54 Å². The number of para-hydroxylation sites is 1. The molecule has 1 heterocycles. The van der Waals surface area contributed by atoms with Crippen molar-refractivity contribution in [2.75, 3.05) is 6.61 Å². The minimum absolute atomic E-state index is 0.179. The van der Waals surface area contributed by atoms with Gasteiger partial charge < -0.3 is 9.84 Å². The van der Waals surface area contributed by atoms with Crippen LogP contribution in [0.15, 0.2) is 57.9 Å². The van der Waals surface area contributed by atoms with Crippen LogP contribution in [0.4, 0.5) is 4.79 Å². The number of ether oxygens (including phenoxy) is 1. The van der Waals surface area contributed by atoms with Crippen LogP contribution < -0.4 is 4.74 Å². The van der Waals surface area contributed by atoms with Crippen LogP contribution in [0.25, 0.3) is 6.08 Å². The SMILES string of the molecule is O=C(O)COc1ccccc1/C=C1/SC(=O)N(Cc2cccc(Br)c2)C1=O. The molecule has 8 heteroatoms. The molecule has 1 aliphatic rings. The fraction of sp³-hybridized carbons (Fsp3) is 0.105. The zero-order valence-corrected chi connectivity index (χ0v) is 16.3. The molecule has 138 valence electrons. The van der Waals surface area contributed by atoms with E-state index in [0.717, 1.165) is 21.8 Å². The molecule has 3 rings (SSSR count). The highest BCUT2D eigenvalue weighted by Gasteiger charge is 2.35. The molecular weight excluding hydrogens is 434 g/mol. The van der Waals surface area contributed by atoms with Crippen LogP contribution in [0.5, 0.6) is 5.75 Å². The Hall–Kier alpha value is -2.58. The number of rotatable bonds is 6. The van der Waals surface area contributed by atoms with Crippen molar-refractivity contribution in [1.29, 1.82) is 0 Å². The van der Waals surface area contributed by atoms with Gasteiger partial charge in [-0.15, -0.1) is 0 Å². The summed E-state index contributed by atoms with van der Waals surface area (Å²) in [5.74, 6) is -1.16. The van der Waals surface area contributed by atoms with Gasteiger partial charge >= 0.3 is 5.97 Å². The topological polar surface area (TPSA) is 83.9 Å². The van der Waals surface area contributed by atoms with Crippen molar-refractivity contribution in [2.24, 2.45) is 0 Å². The van der Waals surface area contributed by atoms with Gasteiger partial charge in [0.1, 0.15) is 5.75 Å². The van der Waals surface area contributed by atoms with Crippen molar-refractivity contribution in [1.82, 2.24) is 4.90 Å². The third-order valence-electron chi connectivity index (χ3n) is 3.66. The summed E-state index contributed by atoms with van der Waals surface area (Å²) in [4.78, 5) is 37.1. The average Bonchev–Trinajstić information content (AvgIpc) is 2.88. The highest BCUT2D eigenvalue weighted by molar-refractivity contribution is 9.10.